The van der Waals surface area contributed by atoms with Gasteiger partial charge in [0.1, 0.15) is 12.4 Å². The van der Waals surface area contributed by atoms with Crippen molar-refractivity contribution in [2.45, 2.75) is 6.04 Å². The van der Waals surface area contributed by atoms with Crippen molar-refractivity contribution in [3.8, 4) is 16.9 Å². The van der Waals surface area contributed by atoms with E-state index in [1.807, 2.05) is 36.4 Å². The minimum Gasteiger partial charge on any atom is -0.491 e. The largest absolute Gasteiger partial charge is 0.491 e. The SMILES string of the molecule is O=C(NCCO)c1cccc(-c2ccc3c(c2)C(Nc2ccc(Cl)cc2Cl)CO3)c1. The monoisotopic (exact) mass is 442 g/mol. The van der Waals surface area contributed by atoms with E-state index in [2.05, 4.69) is 16.7 Å². The summed E-state index contributed by atoms with van der Waals surface area (Å²) in [5, 5.41) is 16.1. The summed E-state index contributed by atoms with van der Waals surface area (Å²) in [5.74, 6) is 0.602. The van der Waals surface area contributed by atoms with Crippen LogP contribution in [0.5, 0.6) is 5.75 Å². The highest BCUT2D eigenvalue weighted by Crippen LogP contribution is 2.39. The number of halogens is 2. The molecule has 1 amide bonds. The van der Waals surface area contributed by atoms with Crippen LogP contribution in [0.15, 0.2) is 60.7 Å². The second-order valence-electron chi connectivity index (χ2n) is 6.95. The van der Waals surface area contributed by atoms with Gasteiger partial charge in [-0.3, -0.25) is 4.79 Å². The van der Waals surface area contributed by atoms with Crippen LogP contribution in [0.2, 0.25) is 10.0 Å². The van der Waals surface area contributed by atoms with Crippen molar-refractivity contribution >= 4 is 34.8 Å². The Labute approximate surface area is 184 Å². The van der Waals surface area contributed by atoms with Gasteiger partial charge in [0.2, 0.25) is 0 Å². The van der Waals surface area contributed by atoms with E-state index in [9.17, 15) is 4.79 Å². The van der Waals surface area contributed by atoms with Gasteiger partial charge in [-0.05, 0) is 53.6 Å². The van der Waals surface area contributed by atoms with Crippen molar-refractivity contribution in [3.63, 3.8) is 0 Å². The molecule has 1 heterocycles. The van der Waals surface area contributed by atoms with Crippen LogP contribution in [0.1, 0.15) is 22.0 Å². The molecule has 1 unspecified atom stereocenters. The first-order valence-corrected chi connectivity index (χ1v) is 10.3. The second-order valence-corrected chi connectivity index (χ2v) is 7.79. The van der Waals surface area contributed by atoms with E-state index < -0.39 is 0 Å². The number of anilines is 1. The summed E-state index contributed by atoms with van der Waals surface area (Å²) in [5.41, 5.74) is 4.25. The van der Waals surface area contributed by atoms with Gasteiger partial charge in [0.15, 0.2) is 0 Å². The minimum atomic E-state index is -0.215. The average Bonchev–Trinajstić information content (AvgIpc) is 3.16. The standard InChI is InChI=1S/C23H20Cl2N2O3/c24-17-5-6-20(19(25)12-17)27-21-13-30-22-7-4-15(11-18(21)22)14-2-1-3-16(10-14)23(29)26-8-9-28/h1-7,10-12,21,27-28H,8-9,13H2,(H,26,29). The van der Waals surface area contributed by atoms with Crippen molar-refractivity contribution in [2.75, 3.05) is 25.1 Å². The van der Waals surface area contributed by atoms with Gasteiger partial charge in [-0.15, -0.1) is 0 Å². The summed E-state index contributed by atoms with van der Waals surface area (Å²) in [7, 11) is 0. The van der Waals surface area contributed by atoms with Crippen LogP contribution in [0.4, 0.5) is 5.69 Å². The van der Waals surface area contributed by atoms with Crippen molar-refractivity contribution in [3.05, 3.63) is 81.8 Å². The molecule has 0 bridgehead atoms. The van der Waals surface area contributed by atoms with Crippen LogP contribution >= 0.6 is 23.2 Å². The number of hydrogen-bond acceptors (Lipinski definition) is 4. The number of aliphatic hydroxyl groups excluding tert-OH is 1. The quantitative estimate of drug-likeness (QED) is 0.506. The van der Waals surface area contributed by atoms with Crippen LogP contribution < -0.4 is 15.4 Å². The fourth-order valence-electron chi connectivity index (χ4n) is 3.42. The van der Waals surface area contributed by atoms with Gasteiger partial charge in [-0.2, -0.15) is 0 Å². The molecule has 1 aliphatic rings. The molecule has 1 aliphatic heterocycles. The Morgan fingerprint density at radius 1 is 1.07 bits per heavy atom. The molecule has 154 valence electrons. The molecule has 0 radical (unpaired) electrons. The summed E-state index contributed by atoms with van der Waals surface area (Å²) < 4.78 is 5.82. The van der Waals surface area contributed by atoms with Gasteiger partial charge in [0.25, 0.3) is 5.91 Å². The number of fused-ring (bicyclic) bond motifs is 1. The fourth-order valence-corrected chi connectivity index (χ4v) is 3.88. The summed E-state index contributed by atoms with van der Waals surface area (Å²) in [4.78, 5) is 12.2. The molecule has 0 fully saturated rings. The van der Waals surface area contributed by atoms with E-state index in [1.54, 1.807) is 18.2 Å². The van der Waals surface area contributed by atoms with Crippen LogP contribution in [0.3, 0.4) is 0 Å². The molecular formula is C23H20Cl2N2O3. The maximum atomic E-state index is 12.2. The van der Waals surface area contributed by atoms with Crippen molar-refractivity contribution in [1.82, 2.24) is 5.32 Å². The van der Waals surface area contributed by atoms with Crippen LogP contribution in [0.25, 0.3) is 11.1 Å². The van der Waals surface area contributed by atoms with E-state index in [4.69, 9.17) is 33.0 Å². The second kappa shape index (κ2) is 8.96. The third-order valence-electron chi connectivity index (χ3n) is 4.91. The highest BCUT2D eigenvalue weighted by atomic mass is 35.5. The number of hydrogen-bond donors (Lipinski definition) is 3. The molecule has 4 rings (SSSR count). The zero-order valence-electron chi connectivity index (χ0n) is 16.0. The zero-order valence-corrected chi connectivity index (χ0v) is 17.5. The van der Waals surface area contributed by atoms with Gasteiger partial charge < -0.3 is 20.5 Å². The molecule has 3 aromatic rings. The van der Waals surface area contributed by atoms with E-state index >= 15 is 0 Å². The molecule has 0 saturated heterocycles. The lowest BCUT2D eigenvalue weighted by Crippen LogP contribution is -2.26. The molecule has 5 nitrogen and oxygen atoms in total. The molecule has 30 heavy (non-hydrogen) atoms. The number of rotatable bonds is 6. The predicted molar refractivity (Wildman–Crippen MR) is 120 cm³/mol. The number of nitrogens with one attached hydrogen (secondary N) is 2. The zero-order chi connectivity index (χ0) is 21.1. The Bertz CT molecular complexity index is 1090. The van der Waals surface area contributed by atoms with E-state index in [0.29, 0.717) is 22.2 Å². The van der Waals surface area contributed by atoms with Crippen molar-refractivity contribution in [2.24, 2.45) is 0 Å². The first-order valence-electron chi connectivity index (χ1n) is 9.53. The van der Waals surface area contributed by atoms with Crippen molar-refractivity contribution < 1.29 is 14.6 Å². The first kappa shape index (κ1) is 20.5. The highest BCUT2D eigenvalue weighted by Gasteiger charge is 2.25. The number of amides is 1. The van der Waals surface area contributed by atoms with Gasteiger partial charge in [-0.25, -0.2) is 0 Å². The maximum absolute atomic E-state index is 12.2. The van der Waals surface area contributed by atoms with Crippen LogP contribution in [-0.2, 0) is 0 Å². The fraction of sp³-hybridized carbons (Fsp3) is 0.174. The van der Waals surface area contributed by atoms with Gasteiger partial charge in [0, 0.05) is 22.7 Å². The molecule has 0 spiro atoms. The van der Waals surface area contributed by atoms with Gasteiger partial charge in [0.05, 0.1) is 23.4 Å². The number of ether oxygens (including phenoxy) is 1. The summed E-state index contributed by atoms with van der Waals surface area (Å²) in [6.07, 6.45) is 0. The molecule has 1 atom stereocenters. The third kappa shape index (κ3) is 4.38. The number of carbonyl (C=O) groups excluding carboxylic acids is 1. The predicted octanol–water partition coefficient (Wildman–Crippen LogP) is 4.93. The normalized spacial score (nSPS) is 14.7. The third-order valence-corrected chi connectivity index (χ3v) is 5.45. The smallest absolute Gasteiger partial charge is 0.251 e. The van der Waals surface area contributed by atoms with Crippen molar-refractivity contribution in [1.29, 1.82) is 0 Å². The Morgan fingerprint density at radius 2 is 1.90 bits per heavy atom. The average molecular weight is 443 g/mol. The summed E-state index contributed by atoms with van der Waals surface area (Å²) in [6, 6.07) is 18.6. The number of aliphatic hydroxyl groups is 1. The minimum absolute atomic E-state index is 0.0605. The Hall–Kier alpha value is -2.73. The molecule has 0 aliphatic carbocycles. The first-order chi connectivity index (χ1) is 14.5. The number of benzene rings is 3. The lowest BCUT2D eigenvalue weighted by Gasteiger charge is -2.15. The Kier molecular flexibility index (Phi) is 6.13. The molecule has 7 heteroatoms. The number of carbonyl (C=O) groups is 1. The topological polar surface area (TPSA) is 70.6 Å². The summed E-state index contributed by atoms with van der Waals surface area (Å²) >= 11 is 12.3. The van der Waals surface area contributed by atoms with Gasteiger partial charge in [-0.1, -0.05) is 41.4 Å². The molecule has 3 aromatic carbocycles. The van der Waals surface area contributed by atoms with E-state index in [1.165, 1.54) is 0 Å². The molecule has 3 N–H and O–H groups in total. The van der Waals surface area contributed by atoms with Crippen LogP contribution in [-0.4, -0.2) is 30.8 Å². The lowest BCUT2D eigenvalue weighted by molar-refractivity contribution is 0.0945. The Morgan fingerprint density at radius 3 is 2.70 bits per heavy atom. The van der Waals surface area contributed by atoms with Crippen LogP contribution in [0, 0.1) is 0 Å². The highest BCUT2D eigenvalue weighted by molar-refractivity contribution is 6.36. The summed E-state index contributed by atoms with van der Waals surface area (Å²) in [6.45, 7) is 0.615. The molecular weight excluding hydrogens is 423 g/mol. The molecule has 0 aromatic heterocycles. The molecule has 0 saturated carbocycles. The maximum Gasteiger partial charge on any atom is 0.251 e. The lowest BCUT2D eigenvalue weighted by atomic mass is 9.98. The van der Waals surface area contributed by atoms with E-state index in [0.717, 1.165) is 28.1 Å². The Balaban J connectivity index is 1.60. The van der Waals surface area contributed by atoms with E-state index in [-0.39, 0.29) is 25.1 Å². The van der Waals surface area contributed by atoms with Gasteiger partial charge >= 0.3 is 0 Å².